The summed E-state index contributed by atoms with van der Waals surface area (Å²) in [5.41, 5.74) is 4.86. The molecule has 1 aromatic rings. The van der Waals surface area contributed by atoms with Crippen LogP contribution in [0.4, 0.5) is 0 Å². The second-order valence-electron chi connectivity index (χ2n) is 4.41. The predicted molar refractivity (Wildman–Crippen MR) is 77.1 cm³/mol. The first-order valence-corrected chi connectivity index (χ1v) is 8.11. The molecule has 0 aromatic heterocycles. The first-order valence-electron chi connectivity index (χ1n) is 6.09. The summed E-state index contributed by atoms with van der Waals surface area (Å²) >= 11 is 5.87. The normalized spacial score (nSPS) is 12.7. The van der Waals surface area contributed by atoms with Crippen molar-refractivity contribution >= 4 is 22.4 Å². The fourth-order valence-electron chi connectivity index (χ4n) is 1.78. The molecule has 1 rings (SSSR count). The van der Waals surface area contributed by atoms with Crippen LogP contribution in [0.5, 0.6) is 0 Å². The molecule has 1 unspecified atom stereocenters. The Morgan fingerprint density at radius 1 is 1.18 bits per heavy atom. The summed E-state index contributed by atoms with van der Waals surface area (Å²) in [6, 6.07) is 4.13. The highest BCUT2D eigenvalue weighted by Crippen LogP contribution is 2.20. The van der Waals surface area contributed by atoms with Crippen LogP contribution in [0.2, 0.25) is 0 Å². The second kappa shape index (κ2) is 7.17. The van der Waals surface area contributed by atoms with Gasteiger partial charge in [-0.3, -0.25) is 4.21 Å². The average Bonchev–Trinajstić information content (AvgIpc) is 2.33. The number of alkyl halides is 1. The summed E-state index contributed by atoms with van der Waals surface area (Å²) in [5.74, 6) is 2.04. The van der Waals surface area contributed by atoms with Gasteiger partial charge in [-0.2, -0.15) is 0 Å². The van der Waals surface area contributed by atoms with Crippen LogP contribution in [0.25, 0.3) is 0 Å². The van der Waals surface area contributed by atoms with E-state index in [0.717, 1.165) is 18.6 Å². The van der Waals surface area contributed by atoms with Crippen molar-refractivity contribution in [2.75, 3.05) is 5.75 Å². The Bertz CT molecular complexity index is 401. The monoisotopic (exact) mass is 272 g/mol. The minimum absolute atomic E-state index is 0.547. The summed E-state index contributed by atoms with van der Waals surface area (Å²) in [6.45, 7) is 6.31. The Morgan fingerprint density at radius 2 is 1.76 bits per heavy atom. The molecule has 0 amide bonds. The van der Waals surface area contributed by atoms with Crippen molar-refractivity contribution in [1.29, 1.82) is 0 Å². The molecule has 1 nitrogen and oxygen atoms in total. The minimum atomic E-state index is -0.731. The molecule has 0 N–H and O–H groups in total. The van der Waals surface area contributed by atoms with Crippen LogP contribution in [0, 0.1) is 13.8 Å². The second-order valence-corrected chi connectivity index (χ2v) is 6.25. The van der Waals surface area contributed by atoms with Gasteiger partial charge in [-0.05, 0) is 42.5 Å². The van der Waals surface area contributed by atoms with Crippen LogP contribution >= 0.6 is 11.6 Å². The van der Waals surface area contributed by atoms with Gasteiger partial charge in [0, 0.05) is 28.2 Å². The maximum Gasteiger partial charge on any atom is 0.0488 e. The van der Waals surface area contributed by atoms with E-state index >= 15 is 0 Å². The quantitative estimate of drug-likeness (QED) is 0.713. The number of rotatable bonds is 6. The van der Waals surface area contributed by atoms with Crippen molar-refractivity contribution in [3.63, 3.8) is 0 Å². The van der Waals surface area contributed by atoms with Gasteiger partial charge in [0.15, 0.2) is 0 Å². The Kier molecular flexibility index (Phi) is 6.21. The molecule has 1 atom stereocenters. The molecule has 0 radical (unpaired) electrons. The van der Waals surface area contributed by atoms with E-state index in [0.29, 0.717) is 11.6 Å². The molecule has 0 aliphatic heterocycles. The first-order chi connectivity index (χ1) is 8.10. The predicted octanol–water partition coefficient (Wildman–Crippen LogP) is 4.09. The lowest BCUT2D eigenvalue weighted by atomic mass is 10.00. The Morgan fingerprint density at radius 3 is 2.35 bits per heavy atom. The van der Waals surface area contributed by atoms with E-state index in [2.05, 4.69) is 32.9 Å². The van der Waals surface area contributed by atoms with Gasteiger partial charge in [-0.25, -0.2) is 0 Å². The highest BCUT2D eigenvalue weighted by Gasteiger charge is 2.08. The molecule has 1 aromatic carbocycles. The van der Waals surface area contributed by atoms with Crippen LogP contribution < -0.4 is 0 Å². The summed E-state index contributed by atoms with van der Waals surface area (Å²) in [7, 11) is -0.731. The summed E-state index contributed by atoms with van der Waals surface area (Å²) in [5, 5.41) is 0. The summed E-state index contributed by atoms with van der Waals surface area (Å²) < 4.78 is 11.9. The number of halogens is 1. The minimum Gasteiger partial charge on any atom is -0.259 e. The van der Waals surface area contributed by atoms with E-state index in [-0.39, 0.29) is 0 Å². The van der Waals surface area contributed by atoms with Gasteiger partial charge < -0.3 is 0 Å². The molecule has 0 heterocycles. The molecular formula is C14H21ClOS. The van der Waals surface area contributed by atoms with Crippen LogP contribution in [0.15, 0.2) is 12.1 Å². The summed E-state index contributed by atoms with van der Waals surface area (Å²) in [6.07, 6.45) is 2.15. The van der Waals surface area contributed by atoms with Crippen molar-refractivity contribution in [2.45, 2.75) is 45.2 Å². The molecule has 0 fully saturated rings. The van der Waals surface area contributed by atoms with E-state index < -0.39 is 10.8 Å². The molecule has 96 valence electrons. The molecule has 3 heteroatoms. The third-order valence-corrected chi connectivity index (χ3v) is 4.86. The molecule has 0 spiro atoms. The highest BCUT2D eigenvalue weighted by molar-refractivity contribution is 7.84. The Labute approximate surface area is 112 Å². The average molecular weight is 273 g/mol. The Balaban J connectivity index is 2.79. The van der Waals surface area contributed by atoms with Gasteiger partial charge in [0.2, 0.25) is 0 Å². The molecule has 0 saturated heterocycles. The van der Waals surface area contributed by atoms with Gasteiger partial charge >= 0.3 is 0 Å². The van der Waals surface area contributed by atoms with E-state index in [1.54, 1.807) is 0 Å². The third-order valence-electron chi connectivity index (χ3n) is 3.20. The van der Waals surface area contributed by atoms with Crippen molar-refractivity contribution < 1.29 is 4.21 Å². The number of unbranched alkanes of at least 4 members (excludes halogenated alkanes) is 1. The zero-order chi connectivity index (χ0) is 12.8. The number of hydrogen-bond acceptors (Lipinski definition) is 1. The van der Waals surface area contributed by atoms with Crippen molar-refractivity contribution in [2.24, 2.45) is 0 Å². The van der Waals surface area contributed by atoms with E-state index in [9.17, 15) is 4.21 Å². The fourth-order valence-corrected chi connectivity index (χ4v) is 3.49. The lowest BCUT2D eigenvalue weighted by Crippen LogP contribution is -2.04. The maximum atomic E-state index is 11.9. The van der Waals surface area contributed by atoms with E-state index in [1.807, 2.05) is 0 Å². The van der Waals surface area contributed by atoms with E-state index in [1.165, 1.54) is 22.3 Å². The van der Waals surface area contributed by atoms with E-state index in [4.69, 9.17) is 11.6 Å². The van der Waals surface area contributed by atoms with Crippen molar-refractivity contribution in [3.05, 3.63) is 34.4 Å². The first kappa shape index (κ1) is 14.7. The SMILES string of the molecule is CCCCS(=O)Cc1ccc(CCl)c(C)c1C. The standard InChI is InChI=1S/C14H21ClOS/c1-4-5-8-17(16)10-14-7-6-13(9-15)11(2)12(14)3/h6-7H,4-5,8-10H2,1-3H3. The molecule has 0 aliphatic carbocycles. The van der Waals surface area contributed by atoms with Gasteiger partial charge in [-0.1, -0.05) is 25.5 Å². The van der Waals surface area contributed by atoms with Crippen LogP contribution in [-0.4, -0.2) is 9.96 Å². The zero-order valence-electron chi connectivity index (χ0n) is 10.9. The van der Waals surface area contributed by atoms with Gasteiger partial charge in [-0.15, -0.1) is 11.6 Å². The Hall–Kier alpha value is -0.340. The van der Waals surface area contributed by atoms with Crippen LogP contribution in [0.3, 0.4) is 0 Å². The topological polar surface area (TPSA) is 17.1 Å². The van der Waals surface area contributed by atoms with Gasteiger partial charge in [0.25, 0.3) is 0 Å². The highest BCUT2D eigenvalue weighted by atomic mass is 35.5. The lowest BCUT2D eigenvalue weighted by Gasteiger charge is -2.11. The molecule has 0 saturated carbocycles. The van der Waals surface area contributed by atoms with Crippen molar-refractivity contribution in [3.8, 4) is 0 Å². The largest absolute Gasteiger partial charge is 0.259 e. The zero-order valence-corrected chi connectivity index (χ0v) is 12.5. The number of benzene rings is 1. The molecule has 0 aliphatic rings. The van der Waals surface area contributed by atoms with Gasteiger partial charge in [0.1, 0.15) is 0 Å². The summed E-state index contributed by atoms with van der Waals surface area (Å²) in [4.78, 5) is 0. The molecule has 0 bridgehead atoms. The lowest BCUT2D eigenvalue weighted by molar-refractivity contribution is 0.679. The van der Waals surface area contributed by atoms with Crippen LogP contribution in [-0.2, 0) is 22.4 Å². The number of hydrogen-bond donors (Lipinski definition) is 0. The molecule has 17 heavy (non-hydrogen) atoms. The van der Waals surface area contributed by atoms with Crippen LogP contribution in [0.1, 0.15) is 42.0 Å². The third kappa shape index (κ3) is 4.11. The van der Waals surface area contributed by atoms with Crippen molar-refractivity contribution in [1.82, 2.24) is 0 Å². The molecular weight excluding hydrogens is 252 g/mol. The smallest absolute Gasteiger partial charge is 0.0488 e. The van der Waals surface area contributed by atoms with Gasteiger partial charge in [0.05, 0.1) is 0 Å². The fraction of sp³-hybridized carbons (Fsp3) is 0.571. The maximum absolute atomic E-state index is 11.9.